The first-order valence-corrected chi connectivity index (χ1v) is 7.56. The van der Waals surface area contributed by atoms with Crippen molar-refractivity contribution >= 4 is 21.9 Å². The summed E-state index contributed by atoms with van der Waals surface area (Å²) in [7, 11) is 1.39. The van der Waals surface area contributed by atoms with Gasteiger partial charge in [0.2, 0.25) is 0 Å². The lowest BCUT2D eigenvalue weighted by Gasteiger charge is -2.27. The van der Waals surface area contributed by atoms with E-state index in [1.165, 1.54) is 7.11 Å². The second-order valence-electron chi connectivity index (χ2n) is 5.05. The van der Waals surface area contributed by atoms with Gasteiger partial charge in [-0.2, -0.15) is 0 Å². The Morgan fingerprint density at radius 1 is 1.43 bits per heavy atom. The van der Waals surface area contributed by atoms with E-state index in [0.717, 1.165) is 42.0 Å². The van der Waals surface area contributed by atoms with Gasteiger partial charge in [-0.1, -0.05) is 22.0 Å². The normalized spacial score (nSPS) is 14.8. The highest BCUT2D eigenvalue weighted by atomic mass is 79.9. The van der Waals surface area contributed by atoms with Crippen molar-refractivity contribution in [2.24, 2.45) is 0 Å². The Balaban J connectivity index is 1.72. The minimum Gasteiger partial charge on any atom is -0.465 e. The standard InChI is InChI=1S/C15H16BrN3O2/c1-21-15(20)11-2-3-12(13(16)8-11)9-18-6-7-19-5-4-17-14(19)10-18/h2-5,8H,6-7,9-10H2,1H3. The number of rotatable bonds is 3. The summed E-state index contributed by atoms with van der Waals surface area (Å²) in [5.74, 6) is 0.783. The molecule has 2 aromatic rings. The highest BCUT2D eigenvalue weighted by Gasteiger charge is 2.18. The van der Waals surface area contributed by atoms with Gasteiger partial charge in [0.25, 0.3) is 0 Å². The summed E-state index contributed by atoms with van der Waals surface area (Å²) in [6.45, 7) is 3.63. The fourth-order valence-electron chi connectivity index (χ4n) is 2.52. The van der Waals surface area contributed by atoms with Crippen LogP contribution in [-0.2, 0) is 24.4 Å². The molecule has 1 aromatic carbocycles. The Morgan fingerprint density at radius 2 is 2.29 bits per heavy atom. The van der Waals surface area contributed by atoms with Gasteiger partial charge < -0.3 is 9.30 Å². The van der Waals surface area contributed by atoms with E-state index in [2.05, 4.69) is 30.4 Å². The molecule has 110 valence electrons. The van der Waals surface area contributed by atoms with Gasteiger partial charge in [-0.3, -0.25) is 4.90 Å². The Labute approximate surface area is 131 Å². The van der Waals surface area contributed by atoms with Gasteiger partial charge in [-0.05, 0) is 17.7 Å². The van der Waals surface area contributed by atoms with Crippen LogP contribution in [0.5, 0.6) is 0 Å². The smallest absolute Gasteiger partial charge is 0.337 e. The fourth-order valence-corrected chi connectivity index (χ4v) is 3.02. The third kappa shape index (κ3) is 3.01. The van der Waals surface area contributed by atoms with Crippen LogP contribution in [0.1, 0.15) is 21.7 Å². The van der Waals surface area contributed by atoms with Crippen LogP contribution in [0.15, 0.2) is 35.1 Å². The molecule has 1 aliphatic rings. The van der Waals surface area contributed by atoms with E-state index in [1.54, 1.807) is 6.07 Å². The molecule has 21 heavy (non-hydrogen) atoms. The topological polar surface area (TPSA) is 47.4 Å². The molecule has 5 nitrogen and oxygen atoms in total. The van der Waals surface area contributed by atoms with Crippen LogP contribution < -0.4 is 0 Å². The number of aromatic nitrogens is 2. The largest absolute Gasteiger partial charge is 0.465 e. The Bertz CT molecular complexity index is 669. The minimum atomic E-state index is -0.317. The Hall–Kier alpha value is -1.66. The van der Waals surface area contributed by atoms with E-state index in [9.17, 15) is 4.79 Å². The molecular formula is C15H16BrN3O2. The number of ether oxygens (including phenoxy) is 1. The van der Waals surface area contributed by atoms with Crippen molar-refractivity contribution in [1.82, 2.24) is 14.5 Å². The molecule has 0 amide bonds. The van der Waals surface area contributed by atoms with Crippen LogP contribution in [0.2, 0.25) is 0 Å². The van der Waals surface area contributed by atoms with Crippen molar-refractivity contribution < 1.29 is 9.53 Å². The van der Waals surface area contributed by atoms with Gasteiger partial charge in [0.05, 0.1) is 19.2 Å². The fraction of sp³-hybridized carbons (Fsp3) is 0.333. The van der Waals surface area contributed by atoms with Crippen molar-refractivity contribution in [3.63, 3.8) is 0 Å². The summed E-state index contributed by atoms with van der Waals surface area (Å²) in [5, 5.41) is 0. The summed E-state index contributed by atoms with van der Waals surface area (Å²) in [4.78, 5) is 18.2. The van der Waals surface area contributed by atoms with E-state index in [0.29, 0.717) is 5.56 Å². The maximum absolute atomic E-state index is 11.5. The van der Waals surface area contributed by atoms with Gasteiger partial charge in [0.1, 0.15) is 5.82 Å². The minimum absolute atomic E-state index is 0.317. The molecule has 0 radical (unpaired) electrons. The Kier molecular flexibility index (Phi) is 4.07. The zero-order valence-corrected chi connectivity index (χ0v) is 13.3. The monoisotopic (exact) mass is 349 g/mol. The maximum atomic E-state index is 11.5. The lowest BCUT2D eigenvalue weighted by atomic mass is 10.1. The third-order valence-corrected chi connectivity index (χ3v) is 4.43. The van der Waals surface area contributed by atoms with Crippen molar-refractivity contribution in [3.05, 3.63) is 52.0 Å². The lowest BCUT2D eigenvalue weighted by Crippen LogP contribution is -2.33. The summed E-state index contributed by atoms with van der Waals surface area (Å²) in [6.07, 6.45) is 3.87. The lowest BCUT2D eigenvalue weighted by molar-refractivity contribution is 0.0600. The first-order valence-electron chi connectivity index (χ1n) is 6.76. The van der Waals surface area contributed by atoms with E-state index >= 15 is 0 Å². The van der Waals surface area contributed by atoms with Gasteiger partial charge in [-0.25, -0.2) is 9.78 Å². The van der Waals surface area contributed by atoms with Gasteiger partial charge in [0, 0.05) is 36.5 Å². The Morgan fingerprint density at radius 3 is 3.05 bits per heavy atom. The maximum Gasteiger partial charge on any atom is 0.337 e. The molecule has 0 atom stereocenters. The number of methoxy groups -OCH3 is 1. The molecule has 3 rings (SSSR count). The number of carbonyl (C=O) groups is 1. The number of esters is 1. The predicted octanol–water partition coefficient (Wildman–Crippen LogP) is 2.45. The molecule has 0 unspecified atom stereocenters. The first kappa shape index (κ1) is 14.3. The number of nitrogens with zero attached hydrogens (tertiary/aromatic N) is 3. The highest BCUT2D eigenvalue weighted by molar-refractivity contribution is 9.10. The van der Waals surface area contributed by atoms with Gasteiger partial charge >= 0.3 is 5.97 Å². The molecular weight excluding hydrogens is 334 g/mol. The van der Waals surface area contributed by atoms with Crippen LogP contribution in [0.25, 0.3) is 0 Å². The summed E-state index contributed by atoms with van der Waals surface area (Å²) in [5.41, 5.74) is 1.71. The zero-order chi connectivity index (χ0) is 14.8. The van der Waals surface area contributed by atoms with Crippen LogP contribution in [0, 0.1) is 0 Å². The number of imidazole rings is 1. The van der Waals surface area contributed by atoms with Crippen molar-refractivity contribution in [3.8, 4) is 0 Å². The molecule has 0 saturated heterocycles. The van der Waals surface area contributed by atoms with Crippen LogP contribution in [0.3, 0.4) is 0 Å². The van der Waals surface area contributed by atoms with Crippen LogP contribution >= 0.6 is 15.9 Å². The molecule has 0 fully saturated rings. The quantitative estimate of drug-likeness (QED) is 0.798. The van der Waals surface area contributed by atoms with E-state index in [1.807, 2.05) is 24.5 Å². The van der Waals surface area contributed by atoms with Crippen molar-refractivity contribution in [1.29, 1.82) is 0 Å². The average Bonchev–Trinajstić information content (AvgIpc) is 2.96. The molecule has 1 aliphatic heterocycles. The van der Waals surface area contributed by atoms with Crippen LogP contribution in [-0.4, -0.2) is 34.1 Å². The first-order chi connectivity index (χ1) is 10.2. The summed E-state index contributed by atoms with van der Waals surface area (Å²) in [6, 6.07) is 5.58. The molecule has 2 heterocycles. The van der Waals surface area contributed by atoms with Crippen molar-refractivity contribution in [2.75, 3.05) is 13.7 Å². The summed E-state index contributed by atoms with van der Waals surface area (Å²) >= 11 is 3.54. The number of benzene rings is 1. The van der Waals surface area contributed by atoms with Crippen LogP contribution in [0.4, 0.5) is 0 Å². The number of hydrogen-bond donors (Lipinski definition) is 0. The molecule has 0 aliphatic carbocycles. The van der Waals surface area contributed by atoms with E-state index in [4.69, 9.17) is 4.74 Å². The highest BCUT2D eigenvalue weighted by Crippen LogP contribution is 2.22. The molecule has 0 saturated carbocycles. The number of fused-ring (bicyclic) bond motifs is 1. The average molecular weight is 350 g/mol. The SMILES string of the molecule is COC(=O)c1ccc(CN2CCn3ccnc3C2)c(Br)c1. The summed E-state index contributed by atoms with van der Waals surface area (Å²) < 4.78 is 7.85. The second kappa shape index (κ2) is 5.99. The predicted molar refractivity (Wildman–Crippen MR) is 81.8 cm³/mol. The molecule has 0 N–H and O–H groups in total. The van der Waals surface area contributed by atoms with Gasteiger partial charge in [-0.15, -0.1) is 0 Å². The van der Waals surface area contributed by atoms with Crippen molar-refractivity contribution in [2.45, 2.75) is 19.6 Å². The molecule has 6 heteroatoms. The van der Waals surface area contributed by atoms with E-state index in [-0.39, 0.29) is 5.97 Å². The number of carbonyl (C=O) groups excluding carboxylic acids is 1. The van der Waals surface area contributed by atoms with E-state index < -0.39 is 0 Å². The molecule has 0 spiro atoms. The third-order valence-electron chi connectivity index (χ3n) is 3.69. The number of hydrogen-bond acceptors (Lipinski definition) is 4. The zero-order valence-electron chi connectivity index (χ0n) is 11.8. The van der Waals surface area contributed by atoms with Gasteiger partial charge in [0.15, 0.2) is 0 Å². The molecule has 0 bridgehead atoms. The molecule has 1 aromatic heterocycles. The second-order valence-corrected chi connectivity index (χ2v) is 5.90. The number of halogens is 1.